The van der Waals surface area contributed by atoms with Crippen molar-refractivity contribution in [2.75, 3.05) is 18.6 Å². The topological polar surface area (TPSA) is 147 Å². The van der Waals surface area contributed by atoms with Gasteiger partial charge in [-0.05, 0) is 18.4 Å². The Bertz CT molecular complexity index is 702. The lowest BCUT2D eigenvalue weighted by atomic mass is 9.99. The Kier molecular flexibility index (Phi) is 12.5. The number of hydrogen-bond acceptors (Lipinski definition) is 13. The Morgan fingerprint density at radius 2 is 1.47 bits per heavy atom. The van der Waals surface area contributed by atoms with Gasteiger partial charge in [0.2, 0.25) is 0 Å². The minimum Gasteiger partial charge on any atom is -0.463 e. The van der Waals surface area contributed by atoms with Crippen molar-refractivity contribution in [3.63, 3.8) is 0 Å². The summed E-state index contributed by atoms with van der Waals surface area (Å²) in [6.07, 6.45) is -1.61. The average molecular weight is 496 g/mol. The van der Waals surface area contributed by atoms with Crippen LogP contribution >= 0.6 is 23.5 Å². The molecule has 5 atom stereocenters. The van der Waals surface area contributed by atoms with E-state index in [1.54, 1.807) is 11.8 Å². The highest BCUT2D eigenvalue weighted by molar-refractivity contribution is 8.14. The van der Waals surface area contributed by atoms with Crippen molar-refractivity contribution in [2.45, 2.75) is 70.4 Å². The van der Waals surface area contributed by atoms with Gasteiger partial charge in [-0.2, -0.15) is 11.8 Å². The number of esters is 4. The molecule has 0 saturated carbocycles. The molecule has 1 saturated heterocycles. The molecule has 13 heteroatoms. The van der Waals surface area contributed by atoms with Crippen LogP contribution in [0.1, 0.15) is 40.5 Å². The fourth-order valence-corrected chi connectivity index (χ4v) is 4.47. The van der Waals surface area contributed by atoms with E-state index < -0.39 is 53.7 Å². The molecule has 0 aromatic rings. The molecule has 1 aliphatic rings. The number of carbonyl (C=O) groups is 4. The summed E-state index contributed by atoms with van der Waals surface area (Å²) in [5.74, 6) is -1.87. The Morgan fingerprint density at radius 1 is 0.906 bits per heavy atom. The number of ether oxygens (including phenoxy) is 5. The molecule has 0 aliphatic carbocycles. The summed E-state index contributed by atoms with van der Waals surface area (Å²) in [6.45, 7) is 4.35. The minimum absolute atomic E-state index is 0.306. The Balaban J connectivity index is 3.30. The van der Waals surface area contributed by atoms with Crippen LogP contribution in [0.2, 0.25) is 0 Å². The second-order valence-corrected chi connectivity index (χ2v) is 8.93. The van der Waals surface area contributed by atoms with Crippen molar-refractivity contribution in [1.29, 1.82) is 0 Å². The number of rotatable bonds is 10. The normalized spacial score (nSPS) is 25.5. The predicted octanol–water partition coefficient (Wildman–Crippen LogP) is 1.73. The van der Waals surface area contributed by atoms with Gasteiger partial charge in [-0.1, -0.05) is 16.9 Å². The molecule has 1 fully saturated rings. The van der Waals surface area contributed by atoms with E-state index in [0.717, 1.165) is 44.7 Å². The fraction of sp³-hybridized carbons (Fsp3) is 0.737. The van der Waals surface area contributed by atoms with Gasteiger partial charge in [0.15, 0.2) is 18.3 Å². The van der Waals surface area contributed by atoms with Crippen LogP contribution < -0.4 is 0 Å². The lowest BCUT2D eigenvalue weighted by molar-refractivity contribution is -0.237. The first-order valence-corrected chi connectivity index (χ1v) is 12.0. The molecule has 0 bridgehead atoms. The molecule has 32 heavy (non-hydrogen) atoms. The zero-order valence-corrected chi connectivity index (χ0v) is 20.2. The van der Waals surface area contributed by atoms with Gasteiger partial charge < -0.3 is 28.9 Å². The van der Waals surface area contributed by atoms with E-state index in [9.17, 15) is 24.4 Å². The Labute approximate surface area is 194 Å². The van der Waals surface area contributed by atoms with E-state index in [0.29, 0.717) is 11.5 Å². The number of carbonyl (C=O) groups excluding carboxylic acids is 4. The Hall–Kier alpha value is -1.99. The second-order valence-electron chi connectivity index (χ2n) is 6.78. The van der Waals surface area contributed by atoms with Crippen LogP contribution in [0.3, 0.4) is 0 Å². The van der Waals surface area contributed by atoms with E-state index >= 15 is 0 Å². The largest absolute Gasteiger partial charge is 0.463 e. The zero-order valence-electron chi connectivity index (χ0n) is 18.6. The average Bonchev–Trinajstić information content (AvgIpc) is 2.69. The van der Waals surface area contributed by atoms with E-state index in [1.807, 2.05) is 6.26 Å². The number of nitrogens with zero attached hydrogens (tertiary/aromatic N) is 1. The number of hydrogen-bond donors (Lipinski definition) is 1. The van der Waals surface area contributed by atoms with Crippen molar-refractivity contribution in [3.05, 3.63) is 0 Å². The maximum atomic E-state index is 11.8. The van der Waals surface area contributed by atoms with Crippen LogP contribution in [-0.2, 0) is 42.9 Å². The molecular formula is C19H29NO10S2. The highest BCUT2D eigenvalue weighted by Gasteiger charge is 2.52. The summed E-state index contributed by atoms with van der Waals surface area (Å²) < 4.78 is 27.0. The monoisotopic (exact) mass is 495 g/mol. The lowest BCUT2D eigenvalue weighted by Gasteiger charge is -2.44. The van der Waals surface area contributed by atoms with E-state index in [-0.39, 0.29) is 6.61 Å². The molecule has 0 radical (unpaired) electrons. The third-order valence-electron chi connectivity index (χ3n) is 4.05. The maximum absolute atomic E-state index is 11.8. The highest BCUT2D eigenvalue weighted by Crippen LogP contribution is 2.35. The fourth-order valence-electron chi connectivity index (χ4n) is 2.92. The molecule has 0 unspecified atom stereocenters. The van der Waals surface area contributed by atoms with Crippen molar-refractivity contribution in [1.82, 2.24) is 0 Å². The first-order valence-electron chi connectivity index (χ1n) is 9.76. The summed E-state index contributed by atoms with van der Waals surface area (Å²) >= 11 is 2.61. The van der Waals surface area contributed by atoms with Gasteiger partial charge in [0, 0.05) is 34.1 Å². The van der Waals surface area contributed by atoms with E-state index in [2.05, 4.69) is 5.16 Å². The molecule has 1 N–H and O–H groups in total. The van der Waals surface area contributed by atoms with Crippen molar-refractivity contribution in [3.8, 4) is 0 Å². The van der Waals surface area contributed by atoms with Gasteiger partial charge >= 0.3 is 23.9 Å². The van der Waals surface area contributed by atoms with Crippen LogP contribution in [0.5, 0.6) is 0 Å². The van der Waals surface area contributed by atoms with Crippen molar-refractivity contribution < 1.29 is 48.1 Å². The van der Waals surface area contributed by atoms with Crippen LogP contribution in [-0.4, -0.2) is 82.6 Å². The molecule has 1 rings (SSSR count). The molecule has 0 amide bonds. The van der Waals surface area contributed by atoms with E-state index in [1.165, 1.54) is 6.92 Å². The molecule has 182 valence electrons. The summed E-state index contributed by atoms with van der Waals surface area (Å²) in [4.78, 5) is 46.7. The predicted molar refractivity (Wildman–Crippen MR) is 116 cm³/mol. The molecule has 1 aliphatic heterocycles. The zero-order chi connectivity index (χ0) is 24.3. The molecule has 0 aromatic carbocycles. The molecular weight excluding hydrogens is 466 g/mol. The number of oxime groups is 1. The molecule has 0 spiro atoms. The minimum atomic E-state index is -1.25. The van der Waals surface area contributed by atoms with Gasteiger partial charge in [-0.15, -0.1) is 0 Å². The van der Waals surface area contributed by atoms with Gasteiger partial charge in [0.1, 0.15) is 23.2 Å². The first-order chi connectivity index (χ1) is 15.1. The molecule has 0 aromatic heterocycles. The van der Waals surface area contributed by atoms with Gasteiger partial charge in [-0.25, -0.2) is 0 Å². The van der Waals surface area contributed by atoms with Crippen LogP contribution in [0.4, 0.5) is 0 Å². The molecule has 1 heterocycles. The van der Waals surface area contributed by atoms with Gasteiger partial charge in [-0.3, -0.25) is 19.2 Å². The third-order valence-corrected chi connectivity index (χ3v) is 5.92. The maximum Gasteiger partial charge on any atom is 0.303 e. The highest BCUT2D eigenvalue weighted by atomic mass is 32.2. The van der Waals surface area contributed by atoms with Gasteiger partial charge in [0.25, 0.3) is 0 Å². The van der Waals surface area contributed by atoms with E-state index in [4.69, 9.17) is 23.7 Å². The summed E-state index contributed by atoms with van der Waals surface area (Å²) in [7, 11) is 0. The third kappa shape index (κ3) is 9.65. The number of thioether (sulfide) groups is 2. The standard InChI is InChI=1S/C19H29NO10S2/c1-10(21)26-9-14-16(27-11(2)22)17(28-12(3)23)18(29-13(4)24)19(30-14)32-15(20-25)7-6-8-31-5/h14,16-19,25H,6-9H2,1-5H3/b20-15-/t14-,16-,17+,18-,19+/m1/s1. The smallest absolute Gasteiger partial charge is 0.303 e. The summed E-state index contributed by atoms with van der Waals surface area (Å²) in [6, 6.07) is 0. The van der Waals surface area contributed by atoms with Crippen LogP contribution in [0, 0.1) is 0 Å². The van der Waals surface area contributed by atoms with Crippen LogP contribution in [0.15, 0.2) is 5.16 Å². The Morgan fingerprint density at radius 3 is 1.97 bits per heavy atom. The second kappa shape index (κ2) is 14.2. The quantitative estimate of drug-likeness (QED) is 0.0895. The van der Waals surface area contributed by atoms with Crippen LogP contribution in [0.25, 0.3) is 0 Å². The molecule has 11 nitrogen and oxygen atoms in total. The first kappa shape index (κ1) is 28.0. The van der Waals surface area contributed by atoms with Crippen molar-refractivity contribution >= 4 is 52.4 Å². The lowest BCUT2D eigenvalue weighted by Crippen LogP contribution is -2.61. The van der Waals surface area contributed by atoms with Gasteiger partial charge in [0.05, 0.1) is 0 Å². The SMILES string of the molecule is CSCCC/C(=N/O)S[C@@H]1O[C@H](COC(C)=O)[C@@H](OC(C)=O)[C@H](OC(C)=O)[C@H]1OC(C)=O. The van der Waals surface area contributed by atoms with Crippen molar-refractivity contribution in [2.24, 2.45) is 5.16 Å². The summed E-state index contributed by atoms with van der Waals surface area (Å²) in [5.41, 5.74) is -1.00. The summed E-state index contributed by atoms with van der Waals surface area (Å²) in [5, 5.41) is 13.0.